The van der Waals surface area contributed by atoms with E-state index in [0.29, 0.717) is 0 Å². The van der Waals surface area contributed by atoms with E-state index in [1.807, 2.05) is 11.0 Å². The van der Waals surface area contributed by atoms with Crippen LogP contribution in [0, 0.1) is 0 Å². The fourth-order valence-electron chi connectivity index (χ4n) is 3.80. The number of hydrogen-bond acceptors (Lipinski definition) is 4. The lowest BCUT2D eigenvalue weighted by Crippen LogP contribution is -2.52. The van der Waals surface area contributed by atoms with Crippen LogP contribution in [0.25, 0.3) is 0 Å². The number of carbonyl (C=O) groups excluding carboxylic acids is 1. The van der Waals surface area contributed by atoms with E-state index in [1.165, 1.54) is 11.1 Å². The first-order valence-electron chi connectivity index (χ1n) is 9.04. The van der Waals surface area contributed by atoms with Crippen molar-refractivity contribution in [3.05, 3.63) is 53.4 Å². The molecule has 0 radical (unpaired) electrons. The fraction of sp³-hybridized carbons (Fsp3) is 0.474. The lowest BCUT2D eigenvalue weighted by Gasteiger charge is -2.36. The Morgan fingerprint density at radius 3 is 2.84 bits per heavy atom. The Morgan fingerprint density at radius 1 is 1.20 bits per heavy atom. The monoisotopic (exact) mass is 340 g/mol. The van der Waals surface area contributed by atoms with E-state index in [-0.39, 0.29) is 12.1 Å². The molecule has 1 aromatic carbocycles. The van der Waals surface area contributed by atoms with Crippen LogP contribution in [0.3, 0.4) is 0 Å². The van der Waals surface area contributed by atoms with Crippen molar-refractivity contribution in [2.24, 2.45) is 0 Å². The molecule has 25 heavy (non-hydrogen) atoms. The van der Waals surface area contributed by atoms with Gasteiger partial charge in [-0.25, -0.2) is 4.79 Å². The van der Waals surface area contributed by atoms with Gasteiger partial charge >= 0.3 is 6.03 Å². The van der Waals surface area contributed by atoms with Crippen molar-refractivity contribution in [2.45, 2.75) is 31.8 Å². The molecule has 2 aliphatic rings. The van der Waals surface area contributed by atoms with Gasteiger partial charge in [0.05, 0.1) is 11.7 Å². The fourth-order valence-corrected chi connectivity index (χ4v) is 3.80. The molecule has 2 amide bonds. The standard InChI is InChI=1S/C19H24N4O2/c24-19(20-18-7-3-5-15-4-1-2-6-17(15)18)23-11-9-22(10-12-23)14-16-8-13-25-21-16/h1-2,4,6,8,13,18H,3,5,7,9-12,14H2,(H,20,24)/t18-/m1/s1. The van der Waals surface area contributed by atoms with Crippen LogP contribution in [0.2, 0.25) is 0 Å². The molecule has 2 aromatic rings. The molecule has 6 nitrogen and oxygen atoms in total. The van der Waals surface area contributed by atoms with Gasteiger partial charge in [-0.2, -0.15) is 0 Å². The number of nitrogens with zero attached hydrogens (tertiary/aromatic N) is 3. The van der Waals surface area contributed by atoms with Crippen molar-refractivity contribution < 1.29 is 9.32 Å². The van der Waals surface area contributed by atoms with Crippen molar-refractivity contribution in [2.75, 3.05) is 26.2 Å². The number of amides is 2. The van der Waals surface area contributed by atoms with Crippen LogP contribution in [0.1, 0.15) is 35.7 Å². The van der Waals surface area contributed by atoms with Gasteiger partial charge in [-0.3, -0.25) is 4.90 Å². The summed E-state index contributed by atoms with van der Waals surface area (Å²) in [6.07, 6.45) is 4.87. The highest BCUT2D eigenvalue weighted by Crippen LogP contribution is 2.29. The highest BCUT2D eigenvalue weighted by atomic mass is 16.5. The number of rotatable bonds is 3. The largest absolute Gasteiger partial charge is 0.364 e. The van der Waals surface area contributed by atoms with Crippen LogP contribution in [0.5, 0.6) is 0 Å². The first-order valence-corrected chi connectivity index (χ1v) is 9.04. The van der Waals surface area contributed by atoms with Crippen LogP contribution < -0.4 is 5.32 Å². The minimum Gasteiger partial charge on any atom is -0.364 e. The highest BCUT2D eigenvalue weighted by Gasteiger charge is 2.26. The smallest absolute Gasteiger partial charge is 0.317 e. The Morgan fingerprint density at radius 2 is 2.04 bits per heavy atom. The van der Waals surface area contributed by atoms with Gasteiger partial charge in [0.15, 0.2) is 0 Å². The van der Waals surface area contributed by atoms with Crippen molar-refractivity contribution >= 4 is 6.03 Å². The van der Waals surface area contributed by atoms with E-state index in [9.17, 15) is 4.79 Å². The summed E-state index contributed by atoms with van der Waals surface area (Å²) in [6.45, 7) is 4.00. The molecule has 1 atom stereocenters. The van der Waals surface area contributed by atoms with Gasteiger partial charge in [0.25, 0.3) is 0 Å². The van der Waals surface area contributed by atoms with Crippen molar-refractivity contribution in [3.8, 4) is 0 Å². The number of aryl methyl sites for hydroxylation is 1. The minimum absolute atomic E-state index is 0.0581. The average molecular weight is 340 g/mol. The minimum atomic E-state index is 0.0581. The number of hydrogen-bond donors (Lipinski definition) is 1. The molecular formula is C19H24N4O2. The summed E-state index contributed by atoms with van der Waals surface area (Å²) in [4.78, 5) is 16.9. The maximum Gasteiger partial charge on any atom is 0.317 e. The number of benzene rings is 1. The molecule has 1 aliphatic heterocycles. The van der Waals surface area contributed by atoms with Crippen LogP contribution in [0.4, 0.5) is 4.79 Å². The zero-order valence-corrected chi connectivity index (χ0v) is 14.4. The van der Waals surface area contributed by atoms with Gasteiger partial charge in [0.1, 0.15) is 6.26 Å². The molecule has 0 bridgehead atoms. The Bertz CT molecular complexity index is 708. The Labute approximate surface area is 147 Å². The van der Waals surface area contributed by atoms with Crippen LogP contribution in [-0.4, -0.2) is 47.2 Å². The average Bonchev–Trinajstić information content (AvgIpc) is 3.16. The molecular weight excluding hydrogens is 316 g/mol. The summed E-state index contributed by atoms with van der Waals surface area (Å²) in [7, 11) is 0. The molecule has 1 aromatic heterocycles. The lowest BCUT2D eigenvalue weighted by molar-refractivity contribution is 0.131. The predicted molar refractivity (Wildman–Crippen MR) is 94.0 cm³/mol. The van der Waals surface area contributed by atoms with Gasteiger partial charge in [0, 0.05) is 38.8 Å². The third kappa shape index (κ3) is 3.69. The van der Waals surface area contributed by atoms with Crippen molar-refractivity contribution in [1.82, 2.24) is 20.3 Å². The quantitative estimate of drug-likeness (QED) is 0.933. The van der Waals surface area contributed by atoms with Crippen LogP contribution in [0.15, 0.2) is 41.1 Å². The summed E-state index contributed by atoms with van der Waals surface area (Å²) in [5, 5.41) is 7.20. The zero-order valence-electron chi connectivity index (χ0n) is 14.4. The SMILES string of the molecule is O=C(N[C@@H]1CCCc2ccccc21)N1CCN(Cc2ccon2)CC1. The molecule has 1 fully saturated rings. The van der Waals surface area contributed by atoms with Crippen LogP contribution >= 0.6 is 0 Å². The van der Waals surface area contributed by atoms with E-state index < -0.39 is 0 Å². The maximum absolute atomic E-state index is 12.7. The molecule has 2 heterocycles. The maximum atomic E-state index is 12.7. The summed E-state index contributed by atoms with van der Waals surface area (Å²) in [5.41, 5.74) is 3.60. The molecule has 4 rings (SSSR count). The number of fused-ring (bicyclic) bond motifs is 1. The Balaban J connectivity index is 1.31. The topological polar surface area (TPSA) is 61.6 Å². The molecule has 1 saturated heterocycles. The number of urea groups is 1. The molecule has 1 aliphatic carbocycles. The second kappa shape index (κ2) is 7.27. The zero-order chi connectivity index (χ0) is 17.1. The first kappa shape index (κ1) is 16.1. The van der Waals surface area contributed by atoms with Gasteiger partial charge < -0.3 is 14.7 Å². The van der Waals surface area contributed by atoms with E-state index >= 15 is 0 Å². The Hall–Kier alpha value is -2.34. The van der Waals surface area contributed by atoms with Crippen molar-refractivity contribution in [1.29, 1.82) is 0 Å². The summed E-state index contributed by atoms with van der Waals surface area (Å²) in [5.74, 6) is 0. The lowest BCUT2D eigenvalue weighted by atomic mass is 9.88. The van der Waals surface area contributed by atoms with Gasteiger partial charge in [-0.15, -0.1) is 0 Å². The van der Waals surface area contributed by atoms with Gasteiger partial charge in [-0.1, -0.05) is 29.4 Å². The molecule has 0 spiro atoms. The summed E-state index contributed by atoms with van der Waals surface area (Å²) >= 11 is 0. The number of piperazine rings is 1. The molecule has 132 valence electrons. The molecule has 0 saturated carbocycles. The Kier molecular flexibility index (Phi) is 4.70. The van der Waals surface area contributed by atoms with Gasteiger partial charge in [0.2, 0.25) is 0 Å². The summed E-state index contributed by atoms with van der Waals surface area (Å²) in [6, 6.07) is 10.6. The predicted octanol–water partition coefficient (Wildman–Crippen LogP) is 2.58. The van der Waals surface area contributed by atoms with E-state index in [1.54, 1.807) is 6.26 Å². The summed E-state index contributed by atoms with van der Waals surface area (Å²) < 4.78 is 4.88. The number of carbonyl (C=O) groups is 1. The number of nitrogens with one attached hydrogen (secondary N) is 1. The van der Waals surface area contributed by atoms with E-state index in [2.05, 4.69) is 39.6 Å². The normalized spacial score (nSPS) is 21.0. The highest BCUT2D eigenvalue weighted by molar-refractivity contribution is 5.75. The third-order valence-electron chi connectivity index (χ3n) is 5.20. The molecule has 0 unspecified atom stereocenters. The van der Waals surface area contributed by atoms with Gasteiger partial charge in [-0.05, 0) is 30.4 Å². The van der Waals surface area contributed by atoms with E-state index in [4.69, 9.17) is 4.52 Å². The second-order valence-electron chi connectivity index (χ2n) is 6.85. The molecule has 6 heteroatoms. The second-order valence-corrected chi connectivity index (χ2v) is 6.85. The third-order valence-corrected chi connectivity index (χ3v) is 5.20. The van der Waals surface area contributed by atoms with Crippen molar-refractivity contribution in [3.63, 3.8) is 0 Å². The first-order chi connectivity index (χ1) is 12.3. The number of aromatic nitrogens is 1. The molecule has 1 N–H and O–H groups in total. The van der Waals surface area contributed by atoms with Crippen LogP contribution in [-0.2, 0) is 13.0 Å². The van der Waals surface area contributed by atoms with E-state index in [0.717, 1.165) is 57.7 Å².